The Hall–Kier alpha value is -4.27. The second-order valence-electron chi connectivity index (χ2n) is 9.44. The number of piperidine rings is 1. The van der Waals surface area contributed by atoms with Crippen molar-refractivity contribution in [1.29, 1.82) is 0 Å². The number of hydrogen-bond donors (Lipinski definition) is 4. The van der Waals surface area contributed by atoms with Gasteiger partial charge in [-0.15, -0.1) is 0 Å². The quantitative estimate of drug-likeness (QED) is 0.336. The second kappa shape index (κ2) is 17.4. The number of rotatable bonds is 4. The van der Waals surface area contributed by atoms with Gasteiger partial charge in [0, 0.05) is 50.9 Å². The summed E-state index contributed by atoms with van der Waals surface area (Å²) in [6.07, 6.45) is -5.63. The summed E-state index contributed by atoms with van der Waals surface area (Å²) in [6.45, 7) is 3.86. The van der Waals surface area contributed by atoms with E-state index in [0.29, 0.717) is 6.04 Å². The van der Waals surface area contributed by atoms with E-state index < -0.39 is 36.4 Å². The number of carboxylic acids is 3. The molecule has 0 amide bonds. The number of alkyl halides is 9. The number of nitrogens with zero attached hydrogens (tertiary/aromatic N) is 4. The molecule has 0 bridgehead atoms. The number of aromatic nitrogens is 3. The Morgan fingerprint density at radius 2 is 1.26 bits per heavy atom. The van der Waals surface area contributed by atoms with Crippen LogP contribution >= 0.6 is 0 Å². The molecule has 21 heteroatoms. The summed E-state index contributed by atoms with van der Waals surface area (Å²) < 4.78 is 101. The first-order valence-corrected chi connectivity index (χ1v) is 12.8. The summed E-state index contributed by atoms with van der Waals surface area (Å²) in [6, 6.07) is 8.35. The fourth-order valence-electron chi connectivity index (χ4n) is 3.90. The van der Waals surface area contributed by atoms with Crippen LogP contribution in [0.3, 0.4) is 0 Å². The van der Waals surface area contributed by atoms with Crippen LogP contribution in [-0.4, -0.2) is 103 Å². The highest BCUT2D eigenvalue weighted by atomic mass is 19.4. The summed E-state index contributed by atoms with van der Waals surface area (Å²) in [5.41, 5.74) is 1.15. The Balaban J connectivity index is 0.000000413. The van der Waals surface area contributed by atoms with Crippen LogP contribution in [0.15, 0.2) is 42.9 Å². The normalized spacial score (nSPS) is 17.9. The third-order valence-corrected chi connectivity index (χ3v) is 6.00. The van der Waals surface area contributed by atoms with Crippen molar-refractivity contribution in [2.45, 2.75) is 62.4 Å². The van der Waals surface area contributed by atoms with E-state index in [1.165, 1.54) is 0 Å². The third-order valence-electron chi connectivity index (χ3n) is 6.00. The van der Waals surface area contributed by atoms with Crippen LogP contribution in [0.5, 0.6) is 0 Å². The molecular weight excluding hydrogens is 653 g/mol. The Morgan fingerprint density at radius 3 is 1.67 bits per heavy atom. The number of halogens is 9. The first-order valence-electron chi connectivity index (χ1n) is 12.8. The van der Waals surface area contributed by atoms with E-state index in [1.807, 2.05) is 18.3 Å². The molecule has 0 saturated carbocycles. The van der Waals surface area contributed by atoms with Crippen molar-refractivity contribution in [3.8, 4) is 0 Å². The molecule has 2 aromatic rings. The predicted octanol–water partition coefficient (Wildman–Crippen LogP) is 4.40. The van der Waals surface area contributed by atoms with Gasteiger partial charge in [0.25, 0.3) is 0 Å². The molecule has 1 spiro atoms. The van der Waals surface area contributed by atoms with Crippen molar-refractivity contribution in [3.63, 3.8) is 0 Å². The lowest BCUT2D eigenvalue weighted by Crippen LogP contribution is -2.51. The summed E-state index contributed by atoms with van der Waals surface area (Å²) in [7, 11) is 0. The molecule has 1 atom stereocenters. The van der Waals surface area contributed by atoms with Gasteiger partial charge in [0.15, 0.2) is 0 Å². The smallest absolute Gasteiger partial charge is 0.475 e. The number of hydrogen-bond acceptors (Lipinski definition) is 9. The van der Waals surface area contributed by atoms with Crippen molar-refractivity contribution in [3.05, 3.63) is 48.5 Å². The lowest BCUT2D eigenvalue weighted by Gasteiger charge is -2.46. The number of aliphatic carboxylic acids is 3. The van der Waals surface area contributed by atoms with Crippen LogP contribution in [0.4, 0.5) is 45.5 Å². The van der Waals surface area contributed by atoms with Gasteiger partial charge < -0.3 is 25.4 Å². The maximum atomic E-state index is 10.6. The molecule has 2 aliphatic heterocycles. The highest BCUT2D eigenvalue weighted by Crippen LogP contribution is 2.36. The van der Waals surface area contributed by atoms with E-state index in [0.717, 1.165) is 63.6 Å². The van der Waals surface area contributed by atoms with Gasteiger partial charge >= 0.3 is 36.4 Å². The Kier molecular flexibility index (Phi) is 15.1. The fraction of sp³-hybridized carbons (Fsp3) is 0.520. The molecule has 258 valence electrons. The molecule has 4 heterocycles. The summed E-state index contributed by atoms with van der Waals surface area (Å²) in [5.74, 6) is -7.55. The van der Waals surface area contributed by atoms with Crippen LogP contribution in [0.1, 0.15) is 31.4 Å². The standard InChI is InChI=1S/C19H25N5O.3C2HF3O2/c1-2-8-20-17(4-1)15-24-11-6-19(7-12-24)14-16(5-13-25-19)23-18-21-9-3-10-22-18;3*3-2(4,5)1(6)7/h1-4,8-10,16H,5-7,11-15H2,(H,21,22,23);3*(H,6,7). The second-order valence-corrected chi connectivity index (χ2v) is 9.44. The molecule has 0 aliphatic carbocycles. The predicted molar refractivity (Wildman–Crippen MR) is 137 cm³/mol. The molecule has 12 nitrogen and oxygen atoms in total. The average molecular weight is 682 g/mol. The van der Waals surface area contributed by atoms with Crippen molar-refractivity contribution in [1.82, 2.24) is 19.9 Å². The van der Waals surface area contributed by atoms with Crippen molar-refractivity contribution in [2.75, 3.05) is 25.0 Å². The van der Waals surface area contributed by atoms with Gasteiger partial charge in [-0.05, 0) is 43.9 Å². The van der Waals surface area contributed by atoms with Crippen LogP contribution in [-0.2, 0) is 25.7 Å². The Morgan fingerprint density at radius 1 is 0.804 bits per heavy atom. The van der Waals surface area contributed by atoms with Crippen LogP contribution in [0, 0.1) is 0 Å². The minimum atomic E-state index is -5.08. The Labute approximate surface area is 254 Å². The zero-order chi connectivity index (χ0) is 35.2. The van der Waals surface area contributed by atoms with E-state index in [2.05, 4.69) is 37.3 Å². The molecule has 2 aliphatic rings. The van der Waals surface area contributed by atoms with Gasteiger partial charge in [-0.3, -0.25) is 9.88 Å². The number of anilines is 1. The van der Waals surface area contributed by atoms with Gasteiger partial charge in [-0.1, -0.05) is 6.07 Å². The molecule has 46 heavy (non-hydrogen) atoms. The number of carboxylic acid groups (broad SMARTS) is 3. The fourth-order valence-corrected chi connectivity index (χ4v) is 3.90. The average Bonchev–Trinajstić information content (AvgIpc) is 2.95. The number of carbonyl (C=O) groups is 3. The minimum absolute atomic E-state index is 0.00527. The van der Waals surface area contributed by atoms with Gasteiger partial charge in [0.1, 0.15) is 0 Å². The lowest BCUT2D eigenvalue weighted by atomic mass is 9.82. The SMILES string of the molecule is O=C(O)C(F)(F)F.O=C(O)C(F)(F)F.O=C(O)C(F)(F)F.c1ccc(CN2CCC3(CC2)CC(Nc2ncccn2)CCO3)nc1. The largest absolute Gasteiger partial charge is 0.490 e. The summed E-state index contributed by atoms with van der Waals surface area (Å²) in [5, 5.41) is 24.9. The van der Waals surface area contributed by atoms with Gasteiger partial charge in [0.2, 0.25) is 5.95 Å². The molecule has 1 unspecified atom stereocenters. The summed E-state index contributed by atoms with van der Waals surface area (Å²) in [4.78, 5) is 42.2. The molecular formula is C25H28F9N5O7. The monoisotopic (exact) mass is 681 g/mol. The minimum Gasteiger partial charge on any atom is -0.475 e. The van der Waals surface area contributed by atoms with E-state index in [-0.39, 0.29) is 5.60 Å². The van der Waals surface area contributed by atoms with Gasteiger partial charge in [-0.2, -0.15) is 39.5 Å². The van der Waals surface area contributed by atoms with E-state index in [4.69, 9.17) is 34.4 Å². The highest BCUT2D eigenvalue weighted by Gasteiger charge is 2.41. The number of nitrogens with one attached hydrogen (secondary N) is 1. The Bertz CT molecular complexity index is 1170. The third kappa shape index (κ3) is 15.6. The van der Waals surface area contributed by atoms with Crippen LogP contribution in [0.25, 0.3) is 0 Å². The molecule has 4 rings (SSSR count). The van der Waals surface area contributed by atoms with Crippen LogP contribution in [0.2, 0.25) is 0 Å². The molecule has 0 aromatic carbocycles. The summed E-state index contributed by atoms with van der Waals surface area (Å²) >= 11 is 0. The molecule has 2 fully saturated rings. The molecule has 0 radical (unpaired) electrons. The van der Waals surface area contributed by atoms with E-state index in [9.17, 15) is 39.5 Å². The molecule has 2 saturated heterocycles. The van der Waals surface area contributed by atoms with E-state index in [1.54, 1.807) is 12.4 Å². The highest BCUT2D eigenvalue weighted by molar-refractivity contribution is 5.73. The van der Waals surface area contributed by atoms with Crippen molar-refractivity contribution < 1.29 is 74.0 Å². The maximum Gasteiger partial charge on any atom is 0.490 e. The molecule has 4 N–H and O–H groups in total. The van der Waals surface area contributed by atoms with Gasteiger partial charge in [-0.25, -0.2) is 24.4 Å². The number of pyridine rings is 1. The first kappa shape index (κ1) is 39.8. The molecule has 2 aromatic heterocycles. The zero-order valence-electron chi connectivity index (χ0n) is 23.4. The maximum absolute atomic E-state index is 10.6. The number of ether oxygens (including phenoxy) is 1. The van der Waals surface area contributed by atoms with Crippen LogP contribution < -0.4 is 5.32 Å². The topological polar surface area (TPSA) is 175 Å². The van der Waals surface area contributed by atoms with E-state index >= 15 is 0 Å². The van der Waals surface area contributed by atoms with Crippen molar-refractivity contribution in [2.24, 2.45) is 0 Å². The first-order chi connectivity index (χ1) is 21.1. The zero-order valence-corrected chi connectivity index (χ0v) is 23.4. The number of likely N-dealkylation sites (tertiary alicyclic amines) is 1. The van der Waals surface area contributed by atoms with Crippen molar-refractivity contribution >= 4 is 23.9 Å². The van der Waals surface area contributed by atoms with Gasteiger partial charge in [0.05, 0.1) is 11.3 Å². The lowest BCUT2D eigenvalue weighted by molar-refractivity contribution is -0.193.